The SMILES string of the molecule is CCCCn1c(C2CCCC2)nc(-c2cncn2C)c1N. The van der Waals surface area contributed by atoms with Gasteiger partial charge in [-0.15, -0.1) is 0 Å². The molecule has 3 rings (SSSR count). The smallest absolute Gasteiger partial charge is 0.133 e. The third-order valence-electron chi connectivity index (χ3n) is 4.55. The van der Waals surface area contributed by atoms with Crippen molar-refractivity contribution in [2.24, 2.45) is 7.05 Å². The zero-order valence-electron chi connectivity index (χ0n) is 13.0. The number of nitrogen functional groups attached to an aromatic ring is 1. The molecule has 0 spiro atoms. The van der Waals surface area contributed by atoms with Gasteiger partial charge in [0.1, 0.15) is 17.3 Å². The van der Waals surface area contributed by atoms with Gasteiger partial charge >= 0.3 is 0 Å². The second-order valence-electron chi connectivity index (χ2n) is 6.08. The molecule has 0 unspecified atom stereocenters. The minimum atomic E-state index is 0.575. The van der Waals surface area contributed by atoms with Crippen molar-refractivity contribution < 1.29 is 0 Å². The topological polar surface area (TPSA) is 61.7 Å². The molecule has 0 atom stereocenters. The molecule has 1 aliphatic rings. The van der Waals surface area contributed by atoms with E-state index in [1.165, 1.54) is 37.9 Å². The van der Waals surface area contributed by atoms with E-state index in [1.54, 1.807) is 6.33 Å². The lowest BCUT2D eigenvalue weighted by atomic mass is 10.1. The molecule has 5 nitrogen and oxygen atoms in total. The van der Waals surface area contributed by atoms with Gasteiger partial charge in [0.2, 0.25) is 0 Å². The molecule has 2 aromatic heterocycles. The maximum absolute atomic E-state index is 6.43. The molecule has 114 valence electrons. The second kappa shape index (κ2) is 5.92. The summed E-state index contributed by atoms with van der Waals surface area (Å²) >= 11 is 0. The van der Waals surface area contributed by atoms with Crippen molar-refractivity contribution in [2.45, 2.75) is 57.9 Å². The first-order chi connectivity index (χ1) is 10.2. The largest absolute Gasteiger partial charge is 0.383 e. The van der Waals surface area contributed by atoms with Gasteiger partial charge < -0.3 is 14.9 Å². The van der Waals surface area contributed by atoms with Crippen LogP contribution in [0.5, 0.6) is 0 Å². The summed E-state index contributed by atoms with van der Waals surface area (Å²) in [4.78, 5) is 9.12. The molecule has 2 aromatic rings. The number of rotatable bonds is 5. The molecule has 2 N–H and O–H groups in total. The van der Waals surface area contributed by atoms with Crippen LogP contribution in [0.25, 0.3) is 11.4 Å². The van der Waals surface area contributed by atoms with E-state index in [2.05, 4.69) is 16.5 Å². The summed E-state index contributed by atoms with van der Waals surface area (Å²) in [5.74, 6) is 2.56. The van der Waals surface area contributed by atoms with Gasteiger partial charge in [-0.2, -0.15) is 0 Å². The maximum atomic E-state index is 6.43. The summed E-state index contributed by atoms with van der Waals surface area (Å²) in [6, 6.07) is 0. The van der Waals surface area contributed by atoms with Gasteiger partial charge in [-0.25, -0.2) is 9.97 Å². The van der Waals surface area contributed by atoms with Gasteiger partial charge in [0, 0.05) is 19.5 Å². The first-order valence-electron chi connectivity index (χ1n) is 8.05. The Labute approximate surface area is 126 Å². The third kappa shape index (κ3) is 2.57. The normalized spacial score (nSPS) is 15.9. The van der Waals surface area contributed by atoms with Crippen LogP contribution >= 0.6 is 0 Å². The molecule has 1 saturated carbocycles. The number of anilines is 1. The number of hydrogen-bond donors (Lipinski definition) is 1. The Bertz CT molecular complexity index is 604. The van der Waals surface area contributed by atoms with Crippen molar-refractivity contribution >= 4 is 5.82 Å². The van der Waals surface area contributed by atoms with E-state index in [4.69, 9.17) is 10.7 Å². The summed E-state index contributed by atoms with van der Waals surface area (Å²) in [5.41, 5.74) is 8.33. The van der Waals surface area contributed by atoms with Crippen molar-refractivity contribution in [1.29, 1.82) is 0 Å². The fourth-order valence-corrected chi connectivity index (χ4v) is 3.30. The molecule has 0 radical (unpaired) electrons. The summed E-state index contributed by atoms with van der Waals surface area (Å²) in [5, 5.41) is 0. The first kappa shape index (κ1) is 14.2. The van der Waals surface area contributed by atoms with Crippen LogP contribution in [0.2, 0.25) is 0 Å². The molecular formula is C16H25N5. The molecule has 0 saturated heterocycles. The highest BCUT2D eigenvalue weighted by atomic mass is 15.2. The fraction of sp³-hybridized carbons (Fsp3) is 0.625. The van der Waals surface area contributed by atoms with Crippen LogP contribution in [0.3, 0.4) is 0 Å². The van der Waals surface area contributed by atoms with Crippen molar-refractivity contribution in [1.82, 2.24) is 19.1 Å². The summed E-state index contributed by atoms with van der Waals surface area (Å²) in [7, 11) is 1.99. The van der Waals surface area contributed by atoms with Gasteiger partial charge in [-0.1, -0.05) is 26.2 Å². The van der Waals surface area contributed by atoms with Crippen LogP contribution in [-0.2, 0) is 13.6 Å². The molecule has 0 bridgehead atoms. The summed E-state index contributed by atoms with van der Waals surface area (Å²) in [6.07, 6.45) is 11.1. The van der Waals surface area contributed by atoms with Gasteiger partial charge in [0.05, 0.1) is 18.2 Å². The Morgan fingerprint density at radius 2 is 2.10 bits per heavy atom. The average Bonchev–Trinajstić information content (AvgIpc) is 3.18. The minimum absolute atomic E-state index is 0.575. The van der Waals surface area contributed by atoms with Crippen molar-refractivity contribution in [3.8, 4) is 11.4 Å². The molecule has 0 amide bonds. The van der Waals surface area contributed by atoms with Crippen molar-refractivity contribution in [3.05, 3.63) is 18.3 Å². The predicted octanol–water partition coefficient (Wildman–Crippen LogP) is 3.32. The maximum Gasteiger partial charge on any atom is 0.133 e. The van der Waals surface area contributed by atoms with Gasteiger partial charge in [-0.05, 0) is 19.3 Å². The second-order valence-corrected chi connectivity index (χ2v) is 6.08. The molecule has 5 heteroatoms. The van der Waals surface area contributed by atoms with Crippen LogP contribution in [0.4, 0.5) is 5.82 Å². The van der Waals surface area contributed by atoms with Gasteiger partial charge in [-0.3, -0.25) is 0 Å². The number of aromatic nitrogens is 4. The predicted molar refractivity (Wildman–Crippen MR) is 85.0 cm³/mol. The van der Waals surface area contributed by atoms with E-state index in [0.717, 1.165) is 30.2 Å². The Morgan fingerprint density at radius 1 is 1.33 bits per heavy atom. The number of nitrogens with two attached hydrogens (primary N) is 1. The lowest BCUT2D eigenvalue weighted by Crippen LogP contribution is -2.10. The Hall–Kier alpha value is -1.78. The molecule has 0 aromatic carbocycles. The van der Waals surface area contributed by atoms with Crippen LogP contribution in [0, 0.1) is 0 Å². The standard InChI is InChI=1S/C16H25N5/c1-3-4-9-21-15(17)14(13-10-18-11-20(13)2)19-16(21)12-7-5-6-8-12/h10-12H,3-9,17H2,1-2H3. The van der Waals surface area contributed by atoms with E-state index < -0.39 is 0 Å². The van der Waals surface area contributed by atoms with E-state index in [0.29, 0.717) is 5.92 Å². The quantitative estimate of drug-likeness (QED) is 0.917. The molecule has 0 aliphatic heterocycles. The Kier molecular flexibility index (Phi) is 3.99. The number of nitrogens with zero attached hydrogens (tertiary/aromatic N) is 4. The summed E-state index contributed by atoms with van der Waals surface area (Å²) < 4.78 is 4.24. The van der Waals surface area contributed by atoms with Gasteiger partial charge in [0.25, 0.3) is 0 Å². The molecule has 1 aliphatic carbocycles. The third-order valence-corrected chi connectivity index (χ3v) is 4.55. The van der Waals surface area contributed by atoms with E-state index in [9.17, 15) is 0 Å². The highest BCUT2D eigenvalue weighted by molar-refractivity contribution is 5.68. The van der Waals surface area contributed by atoms with Gasteiger partial charge in [0.15, 0.2) is 0 Å². The van der Waals surface area contributed by atoms with E-state index in [1.807, 2.05) is 17.8 Å². The lowest BCUT2D eigenvalue weighted by molar-refractivity contribution is 0.561. The fourth-order valence-electron chi connectivity index (χ4n) is 3.30. The minimum Gasteiger partial charge on any atom is -0.383 e. The van der Waals surface area contributed by atoms with Crippen molar-refractivity contribution in [3.63, 3.8) is 0 Å². The number of hydrogen-bond acceptors (Lipinski definition) is 3. The van der Waals surface area contributed by atoms with E-state index in [-0.39, 0.29) is 0 Å². The zero-order chi connectivity index (χ0) is 14.8. The van der Waals surface area contributed by atoms with Crippen LogP contribution in [0.1, 0.15) is 57.2 Å². The summed E-state index contributed by atoms with van der Waals surface area (Å²) in [6.45, 7) is 3.18. The lowest BCUT2D eigenvalue weighted by Gasteiger charge is -2.13. The van der Waals surface area contributed by atoms with Crippen molar-refractivity contribution in [2.75, 3.05) is 5.73 Å². The number of imidazole rings is 2. The Morgan fingerprint density at radius 3 is 2.71 bits per heavy atom. The number of unbranched alkanes of at least 4 members (excludes halogenated alkanes) is 1. The first-order valence-corrected chi connectivity index (χ1v) is 8.05. The molecule has 21 heavy (non-hydrogen) atoms. The highest BCUT2D eigenvalue weighted by Crippen LogP contribution is 2.37. The highest BCUT2D eigenvalue weighted by Gasteiger charge is 2.26. The van der Waals surface area contributed by atoms with E-state index >= 15 is 0 Å². The van der Waals surface area contributed by atoms with Crippen LogP contribution < -0.4 is 5.73 Å². The molecular weight excluding hydrogens is 262 g/mol. The average molecular weight is 287 g/mol. The Balaban J connectivity index is 2.03. The van der Waals surface area contributed by atoms with Crippen LogP contribution in [-0.4, -0.2) is 19.1 Å². The van der Waals surface area contributed by atoms with Crippen LogP contribution in [0.15, 0.2) is 12.5 Å². The number of aryl methyl sites for hydroxylation is 1. The zero-order valence-corrected chi connectivity index (χ0v) is 13.0. The molecule has 1 fully saturated rings. The monoisotopic (exact) mass is 287 g/mol. The molecule has 2 heterocycles.